The summed E-state index contributed by atoms with van der Waals surface area (Å²) in [6.07, 6.45) is 5.81. The minimum absolute atomic E-state index is 0.0939. The predicted molar refractivity (Wildman–Crippen MR) is 126 cm³/mol. The molecule has 1 saturated heterocycles. The van der Waals surface area contributed by atoms with Gasteiger partial charge in [0, 0.05) is 18.2 Å². The van der Waals surface area contributed by atoms with Crippen molar-refractivity contribution in [2.75, 3.05) is 6.54 Å². The molecule has 2 heterocycles. The Balaban J connectivity index is 1.36. The molecule has 5 rings (SSSR count). The van der Waals surface area contributed by atoms with Crippen LogP contribution in [0.4, 0.5) is 4.79 Å². The number of rotatable bonds is 4. The molecule has 0 saturated carbocycles. The lowest BCUT2D eigenvalue weighted by molar-refractivity contribution is 0.149. The van der Waals surface area contributed by atoms with E-state index in [1.165, 1.54) is 10.2 Å². The van der Waals surface area contributed by atoms with E-state index in [9.17, 15) is 4.79 Å². The first-order valence-corrected chi connectivity index (χ1v) is 11.2. The van der Waals surface area contributed by atoms with Crippen molar-refractivity contribution in [2.24, 2.45) is 0 Å². The Kier molecular flexibility index (Phi) is 5.79. The second-order valence-electron chi connectivity index (χ2n) is 8.31. The van der Waals surface area contributed by atoms with Gasteiger partial charge >= 0.3 is 6.03 Å². The standard InChI is InChI=1S/C27H26N4O/c32-27(30-17-8-7-16-25(30)18-21-10-3-1-4-11-21)31-20-26(28-29-31)24-15-9-14-23(19-24)22-12-5-2-6-13-22/h1-6,9-15,19-20,25H,7-8,16-18H2. The van der Waals surface area contributed by atoms with Gasteiger partial charge in [0.05, 0.1) is 6.20 Å². The first-order valence-electron chi connectivity index (χ1n) is 11.2. The van der Waals surface area contributed by atoms with Crippen molar-refractivity contribution in [1.29, 1.82) is 0 Å². The highest BCUT2D eigenvalue weighted by molar-refractivity contribution is 5.78. The van der Waals surface area contributed by atoms with E-state index in [0.29, 0.717) is 5.69 Å². The van der Waals surface area contributed by atoms with Gasteiger partial charge in [-0.1, -0.05) is 84.1 Å². The number of aromatic nitrogens is 3. The molecule has 1 unspecified atom stereocenters. The third-order valence-corrected chi connectivity index (χ3v) is 6.14. The lowest BCUT2D eigenvalue weighted by Crippen LogP contribution is -2.46. The maximum Gasteiger partial charge on any atom is 0.346 e. The van der Waals surface area contributed by atoms with Gasteiger partial charge in [-0.05, 0) is 48.4 Å². The Morgan fingerprint density at radius 1 is 0.844 bits per heavy atom. The van der Waals surface area contributed by atoms with Crippen molar-refractivity contribution < 1.29 is 4.79 Å². The molecule has 1 fully saturated rings. The van der Waals surface area contributed by atoms with Gasteiger partial charge in [0.15, 0.2) is 0 Å². The Morgan fingerprint density at radius 2 is 1.56 bits per heavy atom. The molecule has 1 aliphatic heterocycles. The van der Waals surface area contributed by atoms with E-state index in [1.807, 2.05) is 41.3 Å². The van der Waals surface area contributed by atoms with Crippen LogP contribution in [0, 0.1) is 0 Å². The maximum absolute atomic E-state index is 13.3. The molecule has 0 radical (unpaired) electrons. The summed E-state index contributed by atoms with van der Waals surface area (Å²) in [7, 11) is 0. The molecule has 1 aliphatic rings. The van der Waals surface area contributed by atoms with Crippen molar-refractivity contribution in [3.8, 4) is 22.4 Å². The molecule has 1 amide bonds. The average Bonchev–Trinajstić information content (AvgIpc) is 3.36. The number of carbonyl (C=O) groups is 1. The Hall–Kier alpha value is -3.73. The van der Waals surface area contributed by atoms with Crippen LogP contribution in [-0.4, -0.2) is 38.5 Å². The first-order chi connectivity index (χ1) is 15.8. The van der Waals surface area contributed by atoms with Gasteiger partial charge in [0.2, 0.25) is 0 Å². The van der Waals surface area contributed by atoms with Crippen molar-refractivity contribution in [1.82, 2.24) is 19.9 Å². The van der Waals surface area contributed by atoms with Gasteiger partial charge in [-0.15, -0.1) is 5.10 Å². The number of carbonyl (C=O) groups excluding carboxylic acids is 1. The fourth-order valence-electron chi connectivity index (χ4n) is 4.46. The topological polar surface area (TPSA) is 51.0 Å². The van der Waals surface area contributed by atoms with Gasteiger partial charge in [0.1, 0.15) is 5.69 Å². The number of likely N-dealkylation sites (tertiary alicyclic amines) is 1. The van der Waals surface area contributed by atoms with Crippen molar-refractivity contribution in [2.45, 2.75) is 31.7 Å². The SMILES string of the molecule is O=C(N1CCCCC1Cc1ccccc1)n1cc(-c2cccc(-c3ccccc3)c2)nn1. The van der Waals surface area contributed by atoms with Crippen LogP contribution >= 0.6 is 0 Å². The number of piperidine rings is 1. The quantitative estimate of drug-likeness (QED) is 0.425. The van der Waals surface area contributed by atoms with Crippen molar-refractivity contribution in [3.63, 3.8) is 0 Å². The highest BCUT2D eigenvalue weighted by Gasteiger charge is 2.28. The summed E-state index contributed by atoms with van der Waals surface area (Å²) in [5.41, 5.74) is 5.17. The van der Waals surface area contributed by atoms with Crippen LogP contribution in [0.3, 0.4) is 0 Å². The predicted octanol–water partition coefficient (Wildman–Crippen LogP) is 5.68. The van der Waals surface area contributed by atoms with Crippen molar-refractivity contribution in [3.05, 3.63) is 96.7 Å². The minimum atomic E-state index is -0.0939. The first kappa shape index (κ1) is 20.2. The van der Waals surface area contributed by atoms with E-state index in [4.69, 9.17) is 0 Å². The second-order valence-corrected chi connectivity index (χ2v) is 8.31. The molecule has 5 nitrogen and oxygen atoms in total. The fraction of sp³-hybridized carbons (Fsp3) is 0.222. The van der Waals surface area contributed by atoms with E-state index >= 15 is 0 Å². The summed E-state index contributed by atoms with van der Waals surface area (Å²) in [6.45, 7) is 0.759. The zero-order valence-electron chi connectivity index (χ0n) is 18.0. The van der Waals surface area contributed by atoms with E-state index in [1.54, 1.807) is 6.20 Å². The molecule has 5 heteroatoms. The molecular weight excluding hydrogens is 396 g/mol. The summed E-state index contributed by atoms with van der Waals surface area (Å²) in [5.74, 6) is 0. The van der Waals surface area contributed by atoms with Crippen LogP contribution in [0.1, 0.15) is 24.8 Å². The van der Waals surface area contributed by atoms with Gasteiger partial charge in [0.25, 0.3) is 0 Å². The Morgan fingerprint density at radius 3 is 2.38 bits per heavy atom. The summed E-state index contributed by atoms with van der Waals surface area (Å²) < 4.78 is 1.40. The van der Waals surface area contributed by atoms with E-state index < -0.39 is 0 Å². The lowest BCUT2D eigenvalue weighted by atomic mass is 9.96. The molecule has 0 bridgehead atoms. The molecule has 4 aromatic rings. The summed E-state index contributed by atoms with van der Waals surface area (Å²) in [4.78, 5) is 15.3. The third kappa shape index (κ3) is 4.33. The zero-order valence-corrected chi connectivity index (χ0v) is 18.0. The maximum atomic E-state index is 13.3. The molecule has 32 heavy (non-hydrogen) atoms. The van der Waals surface area contributed by atoms with E-state index in [2.05, 4.69) is 58.8 Å². The number of nitrogens with zero attached hydrogens (tertiary/aromatic N) is 4. The largest absolute Gasteiger partial charge is 0.346 e. The highest BCUT2D eigenvalue weighted by atomic mass is 16.2. The van der Waals surface area contributed by atoms with Gasteiger partial charge < -0.3 is 4.90 Å². The Bertz CT molecular complexity index is 1190. The number of hydrogen-bond donors (Lipinski definition) is 0. The molecule has 160 valence electrons. The zero-order chi connectivity index (χ0) is 21.8. The normalized spacial score (nSPS) is 16.1. The second kappa shape index (κ2) is 9.18. The molecular formula is C27H26N4O. The smallest absolute Gasteiger partial charge is 0.320 e. The average molecular weight is 423 g/mol. The number of hydrogen-bond acceptors (Lipinski definition) is 3. The van der Waals surface area contributed by atoms with E-state index in [0.717, 1.165) is 48.9 Å². The van der Waals surface area contributed by atoms with Crippen molar-refractivity contribution >= 4 is 6.03 Å². The summed E-state index contributed by atoms with van der Waals surface area (Å²) >= 11 is 0. The summed E-state index contributed by atoms with van der Waals surface area (Å²) in [6, 6.07) is 28.9. The molecule has 1 atom stereocenters. The summed E-state index contributed by atoms with van der Waals surface area (Å²) in [5, 5.41) is 8.50. The van der Waals surface area contributed by atoms with Crippen LogP contribution in [0.25, 0.3) is 22.4 Å². The number of amides is 1. The van der Waals surface area contributed by atoms with Crippen LogP contribution in [0.15, 0.2) is 91.1 Å². The van der Waals surface area contributed by atoms with Gasteiger partial charge in [-0.25, -0.2) is 4.79 Å². The molecule has 0 spiro atoms. The van der Waals surface area contributed by atoms with Crippen LogP contribution in [0.5, 0.6) is 0 Å². The highest BCUT2D eigenvalue weighted by Crippen LogP contribution is 2.26. The van der Waals surface area contributed by atoms with Crippen LogP contribution in [0.2, 0.25) is 0 Å². The monoisotopic (exact) mass is 422 g/mol. The number of benzene rings is 3. The molecule has 0 aliphatic carbocycles. The minimum Gasteiger partial charge on any atom is -0.320 e. The fourth-order valence-corrected chi connectivity index (χ4v) is 4.46. The van der Waals surface area contributed by atoms with Gasteiger partial charge in [-0.2, -0.15) is 4.68 Å². The molecule has 0 N–H and O–H groups in total. The molecule has 3 aromatic carbocycles. The van der Waals surface area contributed by atoms with Crippen LogP contribution in [-0.2, 0) is 6.42 Å². The Labute approximate surface area is 188 Å². The van der Waals surface area contributed by atoms with E-state index in [-0.39, 0.29) is 12.1 Å². The van der Waals surface area contributed by atoms with Crippen LogP contribution < -0.4 is 0 Å². The lowest BCUT2D eigenvalue weighted by Gasteiger charge is -2.35. The van der Waals surface area contributed by atoms with Gasteiger partial charge in [-0.3, -0.25) is 0 Å². The molecule has 1 aromatic heterocycles. The third-order valence-electron chi connectivity index (χ3n) is 6.14.